The van der Waals surface area contributed by atoms with Gasteiger partial charge in [-0.05, 0) is 0 Å². The summed E-state index contributed by atoms with van der Waals surface area (Å²) in [6, 6.07) is 0. The molecule has 2 aromatic heterocycles. The topological polar surface area (TPSA) is 160 Å². The van der Waals surface area contributed by atoms with Crippen LogP contribution in [0.5, 0.6) is 0 Å². The second-order valence-corrected chi connectivity index (χ2v) is 5.34. The standard InChI is InChI=1S/C11H14ClN5O5/c12-1-11(2-18)6(20)5(19)9(22-11)17-3-14-4-7(17)15-10(13)16-8(4)21/h3,5-6,9,18-20H,1-2H2,(H3,13,15,16,21)/t5-,6-,9+,11+/m0/s1. The molecule has 0 aromatic carbocycles. The fourth-order valence-electron chi connectivity index (χ4n) is 2.48. The van der Waals surface area contributed by atoms with Crippen LogP contribution in [-0.4, -0.2) is 65.1 Å². The van der Waals surface area contributed by atoms with E-state index in [1.807, 2.05) is 0 Å². The Bertz CT molecular complexity index is 757. The number of nitrogen functional groups attached to an aromatic ring is 1. The number of nitrogens with two attached hydrogens (primary N) is 1. The highest BCUT2D eigenvalue weighted by molar-refractivity contribution is 6.18. The second kappa shape index (κ2) is 5.18. The Labute approximate surface area is 128 Å². The zero-order valence-electron chi connectivity index (χ0n) is 11.2. The number of anilines is 1. The van der Waals surface area contributed by atoms with Crippen molar-refractivity contribution in [1.29, 1.82) is 0 Å². The number of aliphatic hydroxyl groups excluding tert-OH is 3. The highest BCUT2D eigenvalue weighted by Gasteiger charge is 2.54. The molecular weight excluding hydrogens is 318 g/mol. The fraction of sp³-hybridized carbons (Fsp3) is 0.545. The monoisotopic (exact) mass is 331 g/mol. The number of aliphatic hydroxyl groups is 3. The van der Waals surface area contributed by atoms with Crippen LogP contribution in [0.1, 0.15) is 6.23 Å². The molecule has 0 bridgehead atoms. The van der Waals surface area contributed by atoms with Gasteiger partial charge < -0.3 is 25.8 Å². The van der Waals surface area contributed by atoms with Crippen molar-refractivity contribution in [3.05, 3.63) is 16.7 Å². The first kappa shape index (κ1) is 15.2. The quantitative estimate of drug-likeness (QED) is 0.401. The lowest BCUT2D eigenvalue weighted by atomic mass is 9.98. The number of imidazole rings is 1. The minimum Gasteiger partial charge on any atom is -0.393 e. The van der Waals surface area contributed by atoms with Gasteiger partial charge in [0, 0.05) is 0 Å². The average molecular weight is 332 g/mol. The van der Waals surface area contributed by atoms with Gasteiger partial charge in [-0.1, -0.05) is 0 Å². The lowest BCUT2D eigenvalue weighted by Crippen LogP contribution is -2.47. The number of aromatic amines is 1. The molecule has 0 saturated carbocycles. The minimum atomic E-state index is -1.52. The second-order valence-electron chi connectivity index (χ2n) is 5.08. The molecule has 0 spiro atoms. The van der Waals surface area contributed by atoms with Crippen LogP contribution in [0, 0.1) is 0 Å². The third-order valence-corrected chi connectivity index (χ3v) is 4.18. The van der Waals surface area contributed by atoms with Crippen molar-refractivity contribution in [3.8, 4) is 0 Å². The van der Waals surface area contributed by atoms with Gasteiger partial charge in [-0.15, -0.1) is 11.6 Å². The zero-order chi connectivity index (χ0) is 16.1. The van der Waals surface area contributed by atoms with Crippen molar-refractivity contribution in [1.82, 2.24) is 19.5 Å². The van der Waals surface area contributed by atoms with E-state index in [1.54, 1.807) is 0 Å². The number of hydrogen-bond acceptors (Lipinski definition) is 8. The van der Waals surface area contributed by atoms with Crippen molar-refractivity contribution in [2.24, 2.45) is 0 Å². The van der Waals surface area contributed by atoms with Crippen LogP contribution in [0.3, 0.4) is 0 Å². The Balaban J connectivity index is 2.11. The maximum absolute atomic E-state index is 11.7. The van der Waals surface area contributed by atoms with Gasteiger partial charge in [-0.25, -0.2) is 4.98 Å². The molecule has 10 nitrogen and oxygen atoms in total. The van der Waals surface area contributed by atoms with E-state index in [0.29, 0.717) is 0 Å². The van der Waals surface area contributed by atoms with Crippen LogP contribution in [0.4, 0.5) is 5.95 Å². The molecule has 0 aliphatic carbocycles. The summed E-state index contributed by atoms with van der Waals surface area (Å²) in [7, 11) is 0. The molecular formula is C11H14ClN5O5. The highest BCUT2D eigenvalue weighted by Crippen LogP contribution is 2.38. The number of H-pyrrole nitrogens is 1. The molecule has 0 amide bonds. The molecule has 0 unspecified atom stereocenters. The Hall–Kier alpha value is -1.72. The smallest absolute Gasteiger partial charge is 0.280 e. The summed E-state index contributed by atoms with van der Waals surface area (Å²) in [5, 5.41) is 29.7. The molecule has 1 aliphatic rings. The highest BCUT2D eigenvalue weighted by atomic mass is 35.5. The lowest BCUT2D eigenvalue weighted by molar-refractivity contribution is -0.113. The summed E-state index contributed by atoms with van der Waals surface area (Å²) < 4.78 is 6.81. The van der Waals surface area contributed by atoms with Crippen LogP contribution in [0.15, 0.2) is 11.1 Å². The summed E-state index contributed by atoms with van der Waals surface area (Å²) in [6.45, 7) is -0.589. The van der Waals surface area contributed by atoms with Gasteiger partial charge >= 0.3 is 0 Å². The number of nitrogens with one attached hydrogen (secondary N) is 1. The molecule has 1 saturated heterocycles. The first-order valence-corrected chi connectivity index (χ1v) is 6.90. The van der Waals surface area contributed by atoms with Crippen LogP contribution in [0.25, 0.3) is 11.2 Å². The molecule has 22 heavy (non-hydrogen) atoms. The molecule has 120 valence electrons. The first-order valence-electron chi connectivity index (χ1n) is 6.36. The fourth-order valence-corrected chi connectivity index (χ4v) is 2.79. The maximum atomic E-state index is 11.7. The Morgan fingerprint density at radius 2 is 2.27 bits per heavy atom. The van der Waals surface area contributed by atoms with E-state index in [2.05, 4.69) is 15.0 Å². The molecule has 0 radical (unpaired) electrons. The number of aromatic nitrogens is 4. The molecule has 11 heteroatoms. The number of fused-ring (bicyclic) bond motifs is 1. The predicted octanol–water partition coefficient (Wildman–Crippen LogP) is -2.08. The summed E-state index contributed by atoms with van der Waals surface area (Å²) in [5.74, 6) is -0.362. The normalized spacial score (nSPS) is 31.9. The average Bonchev–Trinajstić information content (AvgIpc) is 3.01. The Morgan fingerprint density at radius 1 is 1.55 bits per heavy atom. The molecule has 3 heterocycles. The van der Waals surface area contributed by atoms with Gasteiger partial charge in [0.05, 0.1) is 18.8 Å². The van der Waals surface area contributed by atoms with Gasteiger partial charge in [0.1, 0.15) is 17.8 Å². The lowest BCUT2D eigenvalue weighted by Gasteiger charge is -2.27. The van der Waals surface area contributed by atoms with E-state index < -0.39 is 36.2 Å². The van der Waals surface area contributed by atoms with E-state index in [0.717, 1.165) is 0 Å². The van der Waals surface area contributed by atoms with E-state index >= 15 is 0 Å². The summed E-state index contributed by atoms with van der Waals surface area (Å²) >= 11 is 5.75. The number of alkyl halides is 1. The van der Waals surface area contributed by atoms with E-state index in [9.17, 15) is 20.1 Å². The number of nitrogens with zero attached hydrogens (tertiary/aromatic N) is 3. The molecule has 2 aromatic rings. The number of halogens is 1. The summed E-state index contributed by atoms with van der Waals surface area (Å²) in [4.78, 5) is 21.9. The number of hydrogen-bond donors (Lipinski definition) is 5. The SMILES string of the molecule is Nc1nc2c(ncn2[C@@H]2O[C@@](CO)(CCl)[C@@H](O)[C@@H]2O)c(=O)[nH]1. The first-order chi connectivity index (χ1) is 10.4. The number of ether oxygens (including phenoxy) is 1. The van der Waals surface area contributed by atoms with E-state index in [4.69, 9.17) is 22.1 Å². The van der Waals surface area contributed by atoms with E-state index in [-0.39, 0.29) is 23.0 Å². The third kappa shape index (κ3) is 2.00. The molecule has 1 aliphatic heterocycles. The van der Waals surface area contributed by atoms with Crippen LogP contribution < -0.4 is 11.3 Å². The van der Waals surface area contributed by atoms with Crippen LogP contribution >= 0.6 is 11.6 Å². The minimum absolute atomic E-state index is 0.00635. The number of rotatable bonds is 3. The van der Waals surface area contributed by atoms with Crippen LogP contribution in [-0.2, 0) is 4.74 Å². The van der Waals surface area contributed by atoms with Crippen molar-refractivity contribution >= 4 is 28.7 Å². The maximum Gasteiger partial charge on any atom is 0.280 e. The molecule has 4 atom stereocenters. The van der Waals surface area contributed by atoms with Gasteiger partial charge in [0.25, 0.3) is 5.56 Å². The zero-order valence-corrected chi connectivity index (χ0v) is 11.9. The van der Waals surface area contributed by atoms with Crippen LogP contribution in [0.2, 0.25) is 0 Å². The Morgan fingerprint density at radius 3 is 2.86 bits per heavy atom. The van der Waals surface area contributed by atoms with Crippen molar-refractivity contribution in [2.45, 2.75) is 24.0 Å². The van der Waals surface area contributed by atoms with Gasteiger partial charge in [-0.2, -0.15) is 4.98 Å². The largest absolute Gasteiger partial charge is 0.393 e. The van der Waals surface area contributed by atoms with Crippen molar-refractivity contribution in [2.75, 3.05) is 18.2 Å². The summed E-state index contributed by atoms with van der Waals surface area (Å²) in [6.07, 6.45) is -2.71. The molecule has 3 rings (SSSR count). The Kier molecular flexibility index (Phi) is 3.57. The van der Waals surface area contributed by atoms with Gasteiger partial charge in [0.15, 0.2) is 17.4 Å². The third-order valence-electron chi connectivity index (χ3n) is 3.73. The van der Waals surface area contributed by atoms with E-state index in [1.165, 1.54) is 10.9 Å². The molecule has 1 fully saturated rings. The van der Waals surface area contributed by atoms with Gasteiger partial charge in [0.2, 0.25) is 5.95 Å². The summed E-state index contributed by atoms with van der Waals surface area (Å²) in [5.41, 5.74) is 3.53. The van der Waals surface area contributed by atoms with Crippen molar-refractivity contribution < 1.29 is 20.1 Å². The predicted molar refractivity (Wildman–Crippen MR) is 75.2 cm³/mol. The van der Waals surface area contributed by atoms with Gasteiger partial charge in [-0.3, -0.25) is 14.3 Å². The van der Waals surface area contributed by atoms with Crippen molar-refractivity contribution in [3.63, 3.8) is 0 Å². The molecule has 6 N–H and O–H groups in total.